The molecule has 4 N–H and O–H groups in total. The van der Waals surface area contributed by atoms with Crippen LogP contribution in [0, 0.1) is 6.92 Å². The SMILES string of the molecule is CCC(C)(C)N(C(=O)C(CC(N)=O)NC(=O)OC(C)(C)C)C(C(=O)NC(Cc1ccccc1)C(=O)OC(C)(C)C)c1ccc(C)cc1. The first-order valence-corrected chi connectivity index (χ1v) is 15.9. The smallest absolute Gasteiger partial charge is 0.408 e. The van der Waals surface area contributed by atoms with E-state index in [1.165, 1.54) is 4.90 Å². The van der Waals surface area contributed by atoms with E-state index < -0.39 is 71.1 Å². The average molecular weight is 653 g/mol. The van der Waals surface area contributed by atoms with Crippen molar-refractivity contribution < 1.29 is 33.4 Å². The third-order valence-corrected chi connectivity index (χ3v) is 7.34. The van der Waals surface area contributed by atoms with Crippen molar-refractivity contribution in [3.05, 3.63) is 71.3 Å². The fraction of sp³-hybridized carbons (Fsp3) is 0.528. The largest absolute Gasteiger partial charge is 0.458 e. The van der Waals surface area contributed by atoms with E-state index in [4.69, 9.17) is 15.2 Å². The first kappa shape index (κ1) is 38.8. The highest BCUT2D eigenvalue weighted by atomic mass is 16.6. The molecule has 0 spiro atoms. The van der Waals surface area contributed by atoms with E-state index in [2.05, 4.69) is 10.6 Å². The molecule has 2 aromatic rings. The number of ether oxygens (including phenoxy) is 2. The van der Waals surface area contributed by atoms with Crippen molar-refractivity contribution in [1.82, 2.24) is 15.5 Å². The van der Waals surface area contributed by atoms with Crippen molar-refractivity contribution in [2.45, 2.75) is 123 Å². The number of aryl methyl sites for hydroxylation is 1. The second-order valence-corrected chi connectivity index (χ2v) is 14.3. The lowest BCUT2D eigenvalue weighted by Gasteiger charge is -2.44. The Labute approximate surface area is 278 Å². The molecule has 0 heterocycles. The minimum absolute atomic E-state index is 0.137. The molecule has 0 bridgehead atoms. The molecule has 0 aromatic heterocycles. The third-order valence-electron chi connectivity index (χ3n) is 7.34. The number of nitrogens with zero attached hydrogens (tertiary/aromatic N) is 1. The first-order chi connectivity index (χ1) is 21.6. The van der Waals surface area contributed by atoms with Gasteiger partial charge in [0.1, 0.15) is 29.3 Å². The van der Waals surface area contributed by atoms with E-state index in [1.54, 1.807) is 67.5 Å². The minimum Gasteiger partial charge on any atom is -0.458 e. The summed E-state index contributed by atoms with van der Waals surface area (Å²) in [5, 5.41) is 5.37. The zero-order valence-corrected chi connectivity index (χ0v) is 29.4. The molecule has 11 heteroatoms. The number of hydrogen-bond acceptors (Lipinski definition) is 7. The fourth-order valence-corrected chi connectivity index (χ4v) is 4.80. The lowest BCUT2D eigenvalue weighted by Crippen LogP contribution is -2.60. The number of rotatable bonds is 13. The Balaban J connectivity index is 2.70. The van der Waals surface area contributed by atoms with Crippen LogP contribution in [0.25, 0.3) is 0 Å². The molecule has 0 radical (unpaired) electrons. The lowest BCUT2D eigenvalue weighted by atomic mass is 9.91. The third kappa shape index (κ3) is 12.4. The van der Waals surface area contributed by atoms with Crippen molar-refractivity contribution in [3.63, 3.8) is 0 Å². The second kappa shape index (κ2) is 15.9. The normalized spacial score (nSPS) is 13.8. The van der Waals surface area contributed by atoms with Gasteiger partial charge in [0.15, 0.2) is 0 Å². The van der Waals surface area contributed by atoms with Gasteiger partial charge in [-0.2, -0.15) is 0 Å². The number of carbonyl (C=O) groups excluding carboxylic acids is 5. The van der Waals surface area contributed by atoms with Crippen molar-refractivity contribution in [1.29, 1.82) is 0 Å². The van der Waals surface area contributed by atoms with Crippen molar-refractivity contribution in [3.8, 4) is 0 Å². The quantitative estimate of drug-likeness (QED) is 0.260. The minimum atomic E-state index is -1.44. The van der Waals surface area contributed by atoms with E-state index in [0.717, 1.165) is 11.1 Å². The van der Waals surface area contributed by atoms with Crippen LogP contribution in [0.4, 0.5) is 4.79 Å². The summed E-state index contributed by atoms with van der Waals surface area (Å²) >= 11 is 0. The van der Waals surface area contributed by atoms with Crippen LogP contribution >= 0.6 is 0 Å². The van der Waals surface area contributed by atoms with E-state index in [9.17, 15) is 24.0 Å². The van der Waals surface area contributed by atoms with E-state index in [0.29, 0.717) is 12.0 Å². The number of nitrogens with two attached hydrogens (primary N) is 1. The van der Waals surface area contributed by atoms with Crippen molar-refractivity contribution >= 4 is 29.8 Å². The Bertz CT molecular complexity index is 1390. The summed E-state index contributed by atoms with van der Waals surface area (Å²) in [5.41, 5.74) is 5.01. The van der Waals surface area contributed by atoms with Gasteiger partial charge in [0.25, 0.3) is 0 Å². The Morgan fingerprint density at radius 3 is 1.83 bits per heavy atom. The number of carbonyl (C=O) groups is 5. The zero-order valence-electron chi connectivity index (χ0n) is 29.4. The highest BCUT2D eigenvalue weighted by Gasteiger charge is 2.44. The molecule has 3 unspecified atom stereocenters. The highest BCUT2D eigenvalue weighted by Crippen LogP contribution is 2.33. The van der Waals surface area contributed by atoms with Crippen LogP contribution in [0.15, 0.2) is 54.6 Å². The molecule has 0 saturated carbocycles. The molecular formula is C36H52N4O7. The maximum absolute atomic E-state index is 14.5. The predicted octanol–water partition coefficient (Wildman–Crippen LogP) is 4.89. The summed E-state index contributed by atoms with van der Waals surface area (Å²) in [4.78, 5) is 68.9. The zero-order chi connectivity index (χ0) is 35.7. The van der Waals surface area contributed by atoms with Crippen LogP contribution in [0.2, 0.25) is 0 Å². The lowest BCUT2D eigenvalue weighted by molar-refractivity contribution is -0.159. The molecule has 2 rings (SSSR count). The summed E-state index contributed by atoms with van der Waals surface area (Å²) in [5.74, 6) is -2.84. The number of hydrogen-bond donors (Lipinski definition) is 3. The molecule has 47 heavy (non-hydrogen) atoms. The van der Waals surface area contributed by atoms with Gasteiger partial charge in [-0.1, -0.05) is 67.1 Å². The Hall–Kier alpha value is -4.41. The van der Waals surface area contributed by atoms with E-state index in [1.807, 2.05) is 56.3 Å². The van der Waals surface area contributed by atoms with Crippen LogP contribution in [0.5, 0.6) is 0 Å². The number of esters is 1. The summed E-state index contributed by atoms with van der Waals surface area (Å²) in [7, 11) is 0. The molecular weight excluding hydrogens is 600 g/mol. The predicted molar refractivity (Wildman–Crippen MR) is 180 cm³/mol. The fourth-order valence-electron chi connectivity index (χ4n) is 4.80. The maximum Gasteiger partial charge on any atom is 0.408 e. The van der Waals surface area contributed by atoms with Crippen molar-refractivity contribution in [2.24, 2.45) is 5.73 Å². The molecule has 0 saturated heterocycles. The Kier molecular flexibility index (Phi) is 13.1. The van der Waals surface area contributed by atoms with Gasteiger partial charge in [0.2, 0.25) is 17.7 Å². The summed E-state index contributed by atoms with van der Waals surface area (Å²) < 4.78 is 11.1. The number of alkyl carbamates (subject to hydrolysis) is 1. The van der Waals surface area contributed by atoms with Gasteiger partial charge in [-0.25, -0.2) is 9.59 Å². The van der Waals surface area contributed by atoms with Crippen molar-refractivity contribution in [2.75, 3.05) is 0 Å². The van der Waals surface area contributed by atoms with Gasteiger partial charge in [-0.05, 0) is 79.9 Å². The van der Waals surface area contributed by atoms with Gasteiger partial charge >= 0.3 is 12.1 Å². The number of nitrogens with one attached hydrogen (secondary N) is 2. The topological polar surface area (TPSA) is 157 Å². The number of benzene rings is 2. The van der Waals surface area contributed by atoms with E-state index >= 15 is 0 Å². The molecule has 258 valence electrons. The van der Waals surface area contributed by atoms with Gasteiger partial charge in [0.05, 0.1) is 6.42 Å². The molecule has 0 aliphatic carbocycles. The average Bonchev–Trinajstić information content (AvgIpc) is 2.93. The van der Waals surface area contributed by atoms with Gasteiger partial charge in [-0.3, -0.25) is 14.4 Å². The van der Waals surface area contributed by atoms with Crippen LogP contribution in [0.3, 0.4) is 0 Å². The summed E-state index contributed by atoms with van der Waals surface area (Å²) in [6.07, 6.45) is -0.928. The number of amides is 4. The molecule has 0 aliphatic heterocycles. The second-order valence-electron chi connectivity index (χ2n) is 14.3. The maximum atomic E-state index is 14.5. The number of primary amides is 1. The van der Waals surface area contributed by atoms with Crippen LogP contribution in [-0.4, -0.2) is 63.5 Å². The molecule has 0 fully saturated rings. The van der Waals surface area contributed by atoms with Crippen LogP contribution < -0.4 is 16.4 Å². The van der Waals surface area contributed by atoms with Crippen LogP contribution in [0.1, 0.15) is 97.9 Å². The Morgan fingerprint density at radius 2 is 1.34 bits per heavy atom. The molecule has 4 amide bonds. The molecule has 2 aromatic carbocycles. The standard InChI is InChI=1S/C36H52N4O7/c1-11-36(9,10)40(31(43)26(22-28(37)41)39-33(45)47-35(6,7)8)29(25-19-17-23(2)18-20-25)30(42)38-27(32(44)46-34(3,4)5)21-24-15-13-12-14-16-24/h12-20,26-27,29H,11,21-22H2,1-10H3,(H2,37,41)(H,38,42)(H,39,45). The first-order valence-electron chi connectivity index (χ1n) is 15.9. The van der Waals surface area contributed by atoms with Gasteiger partial charge in [-0.15, -0.1) is 0 Å². The summed E-state index contributed by atoms with van der Waals surface area (Å²) in [6, 6.07) is 12.5. The van der Waals surface area contributed by atoms with Gasteiger partial charge < -0.3 is 30.7 Å². The Morgan fingerprint density at radius 1 is 0.787 bits per heavy atom. The van der Waals surface area contributed by atoms with E-state index in [-0.39, 0.29) is 6.42 Å². The molecule has 0 aliphatic rings. The van der Waals surface area contributed by atoms with Crippen LogP contribution in [-0.2, 0) is 35.1 Å². The molecule has 3 atom stereocenters. The highest BCUT2D eigenvalue weighted by molar-refractivity contribution is 5.96. The monoisotopic (exact) mass is 652 g/mol. The summed E-state index contributed by atoms with van der Waals surface area (Å²) in [6.45, 7) is 17.5. The molecule has 11 nitrogen and oxygen atoms in total. The van der Waals surface area contributed by atoms with Gasteiger partial charge in [0, 0.05) is 12.0 Å².